The molecule has 3 heterocycles. The van der Waals surface area contributed by atoms with Crippen LogP contribution in [0, 0.1) is 11.8 Å². The third-order valence-electron chi connectivity index (χ3n) is 10.3. The van der Waals surface area contributed by atoms with E-state index in [2.05, 4.69) is 13.2 Å². The summed E-state index contributed by atoms with van der Waals surface area (Å²) in [5.74, 6) is -2.94. The second-order valence-electron chi connectivity index (χ2n) is 13.2. The van der Waals surface area contributed by atoms with Crippen molar-refractivity contribution in [1.29, 1.82) is 0 Å². The van der Waals surface area contributed by atoms with E-state index in [0.29, 0.717) is 31.4 Å². The minimum Gasteiger partial charge on any atom is -0.465 e. The van der Waals surface area contributed by atoms with E-state index in [0.717, 1.165) is 29.2 Å². The Bertz CT molecular complexity index is 1660. The van der Waals surface area contributed by atoms with E-state index in [1.54, 1.807) is 11.0 Å². The fourth-order valence-corrected chi connectivity index (χ4v) is 8.13. The lowest BCUT2D eigenvalue weighted by atomic mass is 9.66. The number of rotatable bonds is 14. The van der Waals surface area contributed by atoms with Crippen LogP contribution in [0.3, 0.4) is 0 Å². The molecule has 3 aliphatic heterocycles. The van der Waals surface area contributed by atoms with Gasteiger partial charge in [0, 0.05) is 12.2 Å². The molecule has 3 saturated heterocycles. The van der Waals surface area contributed by atoms with Gasteiger partial charge in [-0.1, -0.05) is 72.8 Å². The molecule has 8 heteroatoms. The summed E-state index contributed by atoms with van der Waals surface area (Å²) in [7, 11) is 0. The number of hydrogen-bond donors (Lipinski definition) is 1. The standard InChI is InChI=1S/C39H44N2O6/c1-4-6-7-13-23-46-37(45)33-32-35(43)41(31(26-42)24-27-14-9-8-10-15-27)34(39(32)21-20-38(33,3)47-39)36(44)40(22-5-2)30-19-18-28-16-11-12-17-29(28)25-30/h4-5,8-12,14-19,25,31-34,42H,1-2,6-7,13,20-24,26H2,3H3/t31-,32+,33-,34?,38+,39?/m1/s1. The van der Waals surface area contributed by atoms with E-state index in [1.165, 1.54) is 4.90 Å². The van der Waals surface area contributed by atoms with Gasteiger partial charge in [-0.25, -0.2) is 0 Å². The van der Waals surface area contributed by atoms with E-state index in [-0.39, 0.29) is 31.6 Å². The number of carbonyl (C=O) groups excluding carboxylic acids is 3. The minimum atomic E-state index is -1.25. The molecular formula is C39H44N2O6. The molecule has 8 nitrogen and oxygen atoms in total. The molecule has 47 heavy (non-hydrogen) atoms. The van der Waals surface area contributed by atoms with Crippen molar-refractivity contribution < 1.29 is 29.0 Å². The zero-order valence-corrected chi connectivity index (χ0v) is 27.1. The van der Waals surface area contributed by atoms with Gasteiger partial charge in [-0.15, -0.1) is 13.2 Å². The second kappa shape index (κ2) is 13.5. The lowest BCUT2D eigenvalue weighted by Crippen LogP contribution is -2.59. The van der Waals surface area contributed by atoms with Crippen LogP contribution in [0.15, 0.2) is 98.1 Å². The summed E-state index contributed by atoms with van der Waals surface area (Å²) in [6.45, 7) is 9.62. The van der Waals surface area contributed by atoms with Gasteiger partial charge in [-0.3, -0.25) is 14.4 Å². The van der Waals surface area contributed by atoms with Crippen LogP contribution in [0.5, 0.6) is 0 Å². The highest BCUT2D eigenvalue weighted by molar-refractivity contribution is 6.05. The average Bonchev–Trinajstić information content (AvgIpc) is 3.66. The zero-order valence-electron chi connectivity index (χ0n) is 27.1. The molecule has 0 aliphatic carbocycles. The quantitative estimate of drug-likeness (QED) is 0.140. The highest BCUT2D eigenvalue weighted by Crippen LogP contribution is 2.64. The van der Waals surface area contributed by atoms with Gasteiger partial charge in [0.15, 0.2) is 0 Å². The van der Waals surface area contributed by atoms with Crippen molar-refractivity contribution in [3.63, 3.8) is 0 Å². The van der Waals surface area contributed by atoms with Gasteiger partial charge in [0.1, 0.15) is 17.6 Å². The lowest BCUT2D eigenvalue weighted by molar-refractivity contribution is -0.160. The Morgan fingerprint density at radius 3 is 2.51 bits per heavy atom. The molecule has 1 spiro atoms. The van der Waals surface area contributed by atoms with Gasteiger partial charge in [0.25, 0.3) is 5.91 Å². The maximum Gasteiger partial charge on any atom is 0.312 e. The first-order valence-corrected chi connectivity index (χ1v) is 16.6. The maximum atomic E-state index is 15.1. The number of nitrogens with zero attached hydrogens (tertiary/aromatic N) is 2. The van der Waals surface area contributed by atoms with E-state index in [9.17, 15) is 14.7 Å². The van der Waals surface area contributed by atoms with Crippen LogP contribution < -0.4 is 4.90 Å². The van der Waals surface area contributed by atoms with Crippen LogP contribution >= 0.6 is 0 Å². The summed E-state index contributed by atoms with van der Waals surface area (Å²) in [6, 6.07) is 21.6. The van der Waals surface area contributed by atoms with Crippen LogP contribution in [-0.2, 0) is 30.3 Å². The molecule has 246 valence electrons. The summed E-state index contributed by atoms with van der Waals surface area (Å²) in [4.78, 5) is 46.8. The number of carbonyl (C=O) groups is 3. The summed E-state index contributed by atoms with van der Waals surface area (Å²) in [5, 5.41) is 12.8. The third kappa shape index (κ3) is 5.78. The fourth-order valence-electron chi connectivity index (χ4n) is 8.13. The van der Waals surface area contributed by atoms with Gasteiger partial charge in [-0.05, 0) is 73.9 Å². The molecule has 1 N–H and O–H groups in total. The lowest BCUT2D eigenvalue weighted by Gasteiger charge is -2.39. The van der Waals surface area contributed by atoms with E-state index in [1.807, 2.05) is 85.8 Å². The van der Waals surface area contributed by atoms with E-state index in [4.69, 9.17) is 9.47 Å². The first-order chi connectivity index (χ1) is 22.8. The van der Waals surface area contributed by atoms with Crippen LogP contribution in [0.4, 0.5) is 5.69 Å². The Kier molecular flexibility index (Phi) is 9.35. The number of benzene rings is 3. The highest BCUT2D eigenvalue weighted by atomic mass is 16.6. The fraction of sp³-hybridized carbons (Fsp3) is 0.410. The van der Waals surface area contributed by atoms with Gasteiger partial charge in [0.2, 0.25) is 5.91 Å². The van der Waals surface area contributed by atoms with Gasteiger partial charge < -0.3 is 24.4 Å². The van der Waals surface area contributed by atoms with Crippen molar-refractivity contribution in [2.45, 2.75) is 68.7 Å². The molecule has 0 radical (unpaired) electrons. The predicted molar refractivity (Wildman–Crippen MR) is 182 cm³/mol. The molecule has 3 aromatic carbocycles. The predicted octanol–water partition coefficient (Wildman–Crippen LogP) is 5.63. The van der Waals surface area contributed by atoms with Crippen LogP contribution in [0.2, 0.25) is 0 Å². The Labute approximate surface area is 276 Å². The number of esters is 1. The Morgan fingerprint density at radius 2 is 1.79 bits per heavy atom. The average molecular weight is 637 g/mol. The normalized spacial score (nSPS) is 26.6. The number of amides is 2. The van der Waals surface area contributed by atoms with Crippen molar-refractivity contribution in [3.8, 4) is 0 Å². The Hall–Kier alpha value is -4.27. The molecular weight excluding hydrogens is 592 g/mol. The van der Waals surface area contributed by atoms with Crippen LogP contribution in [0.1, 0.15) is 44.6 Å². The Morgan fingerprint density at radius 1 is 1.04 bits per heavy atom. The van der Waals surface area contributed by atoms with E-state index >= 15 is 4.79 Å². The highest BCUT2D eigenvalue weighted by Gasteiger charge is 2.79. The number of fused-ring (bicyclic) bond motifs is 2. The number of aliphatic hydroxyl groups is 1. The molecule has 0 saturated carbocycles. The molecule has 2 bridgehead atoms. The SMILES string of the molecule is C=CCCCCOC(=O)[C@H]1[C@H]2C(=O)N([C@@H](CO)Cc3ccccc3)C(C(=O)N(CC=C)c3ccc4ccccc4c3)C23CC[C@]1(C)O3. The summed E-state index contributed by atoms with van der Waals surface area (Å²) in [6.07, 6.45) is 7.12. The number of likely N-dealkylation sites (tertiary alicyclic amines) is 1. The van der Waals surface area contributed by atoms with Crippen molar-refractivity contribution in [3.05, 3.63) is 104 Å². The monoisotopic (exact) mass is 636 g/mol. The number of allylic oxidation sites excluding steroid dienone is 1. The van der Waals surface area contributed by atoms with Gasteiger partial charge in [-0.2, -0.15) is 0 Å². The first kappa shape index (κ1) is 32.7. The molecule has 2 amide bonds. The number of unbranched alkanes of at least 4 members (excludes halogenated alkanes) is 2. The van der Waals surface area contributed by atoms with Crippen molar-refractivity contribution in [1.82, 2.24) is 4.90 Å². The summed E-state index contributed by atoms with van der Waals surface area (Å²) < 4.78 is 12.6. The van der Waals surface area contributed by atoms with Crippen LogP contribution in [-0.4, -0.2) is 70.8 Å². The molecule has 0 aromatic heterocycles. The van der Waals surface area contributed by atoms with Crippen molar-refractivity contribution in [2.75, 3.05) is 24.7 Å². The summed E-state index contributed by atoms with van der Waals surface area (Å²) >= 11 is 0. The topological polar surface area (TPSA) is 96.4 Å². The van der Waals surface area contributed by atoms with Gasteiger partial charge >= 0.3 is 5.97 Å². The number of anilines is 1. The number of aliphatic hydroxyl groups excluding tert-OH is 1. The molecule has 6 rings (SSSR count). The summed E-state index contributed by atoms with van der Waals surface area (Å²) in [5.41, 5.74) is -0.622. The zero-order chi connectivity index (χ0) is 33.2. The second-order valence-corrected chi connectivity index (χ2v) is 13.2. The van der Waals surface area contributed by atoms with E-state index < -0.39 is 41.1 Å². The molecule has 3 aliphatic rings. The molecule has 2 unspecified atom stereocenters. The van der Waals surface area contributed by atoms with Crippen molar-refractivity contribution >= 4 is 34.2 Å². The third-order valence-corrected chi connectivity index (χ3v) is 10.3. The number of ether oxygens (including phenoxy) is 2. The van der Waals surface area contributed by atoms with Gasteiger partial charge in [0.05, 0.1) is 30.8 Å². The minimum absolute atomic E-state index is 0.201. The Balaban J connectivity index is 1.41. The smallest absolute Gasteiger partial charge is 0.312 e. The first-order valence-electron chi connectivity index (χ1n) is 16.6. The maximum absolute atomic E-state index is 15.1. The van der Waals surface area contributed by atoms with Crippen molar-refractivity contribution in [2.24, 2.45) is 11.8 Å². The molecule has 3 aromatic rings. The largest absolute Gasteiger partial charge is 0.465 e. The molecule has 6 atom stereocenters. The number of hydrogen-bond acceptors (Lipinski definition) is 6. The van der Waals surface area contributed by atoms with Crippen LogP contribution in [0.25, 0.3) is 10.8 Å². The molecule has 3 fully saturated rings.